The van der Waals surface area contributed by atoms with Crippen molar-refractivity contribution < 1.29 is 8.42 Å². The summed E-state index contributed by atoms with van der Waals surface area (Å²) in [6.07, 6.45) is 0. The van der Waals surface area contributed by atoms with E-state index in [0.29, 0.717) is 22.0 Å². The molecule has 0 atom stereocenters. The highest BCUT2D eigenvalue weighted by atomic mass is 35.5. The second-order valence-electron chi connectivity index (χ2n) is 4.30. The zero-order valence-corrected chi connectivity index (χ0v) is 11.7. The number of sulfonamides is 1. The van der Waals surface area contributed by atoms with Crippen molar-refractivity contribution >= 4 is 38.8 Å². The second kappa shape index (κ2) is 4.50. The average Bonchev–Trinajstić information content (AvgIpc) is 2.63. The summed E-state index contributed by atoms with van der Waals surface area (Å²) in [5.41, 5.74) is 7.34. The minimum Gasteiger partial charge on any atom is -0.399 e. The Morgan fingerprint density at radius 3 is 2.50 bits per heavy atom. The molecule has 2 aromatic rings. The van der Waals surface area contributed by atoms with Crippen molar-refractivity contribution in [2.24, 2.45) is 4.40 Å². The molecule has 102 valence electrons. The number of hydrogen-bond acceptors (Lipinski definition) is 4. The Kier molecular flexibility index (Phi) is 2.92. The smallest absolute Gasteiger partial charge is 0.285 e. The van der Waals surface area contributed by atoms with E-state index in [4.69, 9.17) is 17.3 Å². The van der Waals surface area contributed by atoms with Crippen LogP contribution in [0, 0.1) is 0 Å². The molecule has 2 aromatic carbocycles. The molecule has 5 nitrogen and oxygen atoms in total. The molecule has 7 heteroatoms. The number of fused-ring (bicyclic) bond motifs is 1. The third kappa shape index (κ3) is 2.23. The van der Waals surface area contributed by atoms with Crippen LogP contribution in [0.4, 0.5) is 11.4 Å². The third-order valence-electron chi connectivity index (χ3n) is 2.86. The third-order valence-corrected chi connectivity index (χ3v) is 4.44. The van der Waals surface area contributed by atoms with Gasteiger partial charge in [0.2, 0.25) is 0 Å². The lowest BCUT2D eigenvalue weighted by molar-refractivity contribution is 0.599. The van der Waals surface area contributed by atoms with Gasteiger partial charge in [0.15, 0.2) is 5.84 Å². The van der Waals surface area contributed by atoms with Gasteiger partial charge in [-0.25, -0.2) is 0 Å². The van der Waals surface area contributed by atoms with Crippen molar-refractivity contribution in [3.05, 3.63) is 53.1 Å². The van der Waals surface area contributed by atoms with Gasteiger partial charge in [-0.1, -0.05) is 11.6 Å². The number of nitrogens with two attached hydrogens (primary N) is 1. The van der Waals surface area contributed by atoms with Crippen LogP contribution in [0.15, 0.2) is 51.8 Å². The van der Waals surface area contributed by atoms with Gasteiger partial charge in [-0.2, -0.15) is 8.42 Å². The van der Waals surface area contributed by atoms with Crippen LogP contribution < -0.4 is 11.1 Å². The van der Waals surface area contributed by atoms with Crippen LogP contribution in [0.5, 0.6) is 0 Å². The molecule has 1 heterocycles. The fourth-order valence-corrected chi connectivity index (χ4v) is 3.22. The van der Waals surface area contributed by atoms with Gasteiger partial charge in [0, 0.05) is 22.0 Å². The SMILES string of the molecule is Nc1ccc2c(c1)C(Nc1ccc(Cl)cc1)=NS2(=O)=O. The summed E-state index contributed by atoms with van der Waals surface area (Å²) in [5.74, 6) is 0.259. The minimum absolute atomic E-state index is 0.156. The molecule has 0 unspecified atom stereocenters. The van der Waals surface area contributed by atoms with Crippen molar-refractivity contribution in [1.82, 2.24) is 0 Å². The van der Waals surface area contributed by atoms with Crippen molar-refractivity contribution in [3.8, 4) is 0 Å². The Morgan fingerprint density at radius 1 is 1.10 bits per heavy atom. The maximum atomic E-state index is 11.9. The van der Waals surface area contributed by atoms with Crippen LogP contribution in [0.2, 0.25) is 5.02 Å². The zero-order valence-electron chi connectivity index (χ0n) is 10.2. The molecule has 1 aliphatic rings. The van der Waals surface area contributed by atoms with Crippen LogP contribution in [0.25, 0.3) is 0 Å². The molecule has 20 heavy (non-hydrogen) atoms. The van der Waals surface area contributed by atoms with Crippen LogP contribution in [-0.4, -0.2) is 14.3 Å². The molecule has 0 saturated carbocycles. The van der Waals surface area contributed by atoms with Gasteiger partial charge in [-0.15, -0.1) is 4.40 Å². The number of halogens is 1. The van der Waals surface area contributed by atoms with Gasteiger partial charge in [-0.3, -0.25) is 0 Å². The average molecular weight is 308 g/mol. The number of anilines is 2. The van der Waals surface area contributed by atoms with Crippen LogP contribution in [0.3, 0.4) is 0 Å². The summed E-state index contributed by atoms with van der Waals surface area (Å²) in [5, 5.41) is 3.56. The fraction of sp³-hybridized carbons (Fsp3) is 0. The summed E-state index contributed by atoms with van der Waals surface area (Å²) >= 11 is 5.81. The number of nitrogen functional groups attached to an aromatic ring is 1. The number of nitrogens with zero attached hydrogens (tertiary/aromatic N) is 1. The van der Waals surface area contributed by atoms with E-state index in [1.807, 2.05) is 0 Å². The lowest BCUT2D eigenvalue weighted by atomic mass is 10.1. The van der Waals surface area contributed by atoms with E-state index < -0.39 is 10.0 Å². The zero-order chi connectivity index (χ0) is 14.3. The topological polar surface area (TPSA) is 84.5 Å². The molecule has 1 aliphatic heterocycles. The van der Waals surface area contributed by atoms with Crippen LogP contribution in [-0.2, 0) is 10.0 Å². The van der Waals surface area contributed by atoms with Crippen molar-refractivity contribution in [2.45, 2.75) is 4.90 Å². The molecular formula is C13H10ClN3O2S. The Labute approximate surface area is 121 Å². The van der Waals surface area contributed by atoms with Crippen LogP contribution in [0.1, 0.15) is 5.56 Å². The fourth-order valence-electron chi connectivity index (χ4n) is 1.94. The van der Waals surface area contributed by atoms with E-state index in [1.54, 1.807) is 30.3 Å². The summed E-state index contributed by atoms with van der Waals surface area (Å²) in [4.78, 5) is 0.156. The molecule has 0 bridgehead atoms. The van der Waals surface area contributed by atoms with Crippen molar-refractivity contribution in [1.29, 1.82) is 0 Å². The summed E-state index contributed by atoms with van der Waals surface area (Å²) in [7, 11) is -3.66. The first-order valence-corrected chi connectivity index (χ1v) is 7.55. The number of amidine groups is 1. The number of hydrogen-bond donors (Lipinski definition) is 2. The van der Waals surface area contributed by atoms with Gasteiger partial charge in [0.1, 0.15) is 4.90 Å². The lowest BCUT2D eigenvalue weighted by Gasteiger charge is -2.07. The van der Waals surface area contributed by atoms with E-state index in [-0.39, 0.29) is 10.7 Å². The first kappa shape index (κ1) is 13.0. The molecule has 0 aliphatic carbocycles. The van der Waals surface area contributed by atoms with Gasteiger partial charge >= 0.3 is 0 Å². The van der Waals surface area contributed by atoms with Gasteiger partial charge in [0.25, 0.3) is 10.0 Å². The van der Waals surface area contributed by atoms with Gasteiger partial charge < -0.3 is 11.1 Å². The number of nitrogens with one attached hydrogen (secondary N) is 1. The standard InChI is InChI=1S/C13H10ClN3O2S/c14-8-1-4-10(5-2-8)16-13-11-7-9(15)3-6-12(11)20(18,19)17-13/h1-7H,15H2,(H,16,17). The van der Waals surface area contributed by atoms with E-state index in [2.05, 4.69) is 9.71 Å². The lowest BCUT2D eigenvalue weighted by Crippen LogP contribution is -2.11. The Morgan fingerprint density at radius 2 is 1.80 bits per heavy atom. The van der Waals surface area contributed by atoms with E-state index >= 15 is 0 Å². The molecule has 0 saturated heterocycles. The van der Waals surface area contributed by atoms with Gasteiger partial charge in [-0.05, 0) is 42.5 Å². The predicted octanol–water partition coefficient (Wildman–Crippen LogP) is 2.48. The highest BCUT2D eigenvalue weighted by molar-refractivity contribution is 7.90. The Hall–Kier alpha value is -2.05. The maximum absolute atomic E-state index is 11.9. The maximum Gasteiger partial charge on any atom is 0.285 e. The van der Waals surface area contributed by atoms with Crippen LogP contribution >= 0.6 is 11.6 Å². The second-order valence-corrected chi connectivity index (χ2v) is 6.31. The molecule has 3 N–H and O–H groups in total. The Bertz CT molecular complexity index is 814. The normalized spacial score (nSPS) is 15.6. The quantitative estimate of drug-likeness (QED) is 0.793. The first-order valence-electron chi connectivity index (χ1n) is 5.73. The minimum atomic E-state index is -3.66. The molecule has 0 fully saturated rings. The van der Waals surface area contributed by atoms with E-state index in [0.717, 1.165) is 0 Å². The highest BCUT2D eigenvalue weighted by Crippen LogP contribution is 2.28. The molecule has 0 amide bonds. The summed E-state index contributed by atoms with van der Waals surface area (Å²) in [6.45, 7) is 0. The molecular weight excluding hydrogens is 298 g/mol. The van der Waals surface area contributed by atoms with E-state index in [1.165, 1.54) is 12.1 Å². The van der Waals surface area contributed by atoms with Crippen molar-refractivity contribution in [2.75, 3.05) is 11.1 Å². The molecule has 0 aromatic heterocycles. The van der Waals surface area contributed by atoms with E-state index in [9.17, 15) is 8.42 Å². The van der Waals surface area contributed by atoms with Gasteiger partial charge in [0.05, 0.1) is 0 Å². The molecule has 0 spiro atoms. The Balaban J connectivity index is 2.04. The summed E-state index contributed by atoms with van der Waals surface area (Å²) < 4.78 is 27.6. The number of benzene rings is 2. The number of rotatable bonds is 1. The predicted molar refractivity (Wildman–Crippen MR) is 79.7 cm³/mol. The monoisotopic (exact) mass is 307 g/mol. The van der Waals surface area contributed by atoms with Crippen molar-refractivity contribution in [3.63, 3.8) is 0 Å². The highest BCUT2D eigenvalue weighted by Gasteiger charge is 2.28. The largest absolute Gasteiger partial charge is 0.399 e. The molecule has 0 radical (unpaired) electrons. The first-order chi connectivity index (χ1) is 9.45. The molecule has 3 rings (SSSR count). The summed E-state index contributed by atoms with van der Waals surface area (Å²) in [6, 6.07) is 11.5.